The number of nitrogens with zero attached hydrogens (tertiary/aromatic N) is 1. The van der Waals surface area contributed by atoms with Gasteiger partial charge in [-0.25, -0.2) is 4.79 Å². The lowest BCUT2D eigenvalue weighted by molar-refractivity contribution is -0.141. The van der Waals surface area contributed by atoms with E-state index in [4.69, 9.17) is 0 Å². The molecule has 5 heteroatoms. The number of carboxylic acids is 1. The Morgan fingerprint density at radius 2 is 2.00 bits per heavy atom. The van der Waals surface area contributed by atoms with Crippen molar-refractivity contribution < 1.29 is 19.4 Å². The van der Waals surface area contributed by atoms with Crippen LogP contribution < -0.4 is 0 Å². The quantitative estimate of drug-likeness (QED) is 0.859. The second-order valence-corrected chi connectivity index (χ2v) is 4.46. The molecule has 0 aliphatic rings. The van der Waals surface area contributed by atoms with Crippen LogP contribution in [0, 0.1) is 13.8 Å². The van der Waals surface area contributed by atoms with Gasteiger partial charge in [-0.15, -0.1) is 0 Å². The fraction of sp³-hybridized carbons (Fsp3) is 0.286. The maximum Gasteiger partial charge on any atom is 0.352 e. The highest BCUT2D eigenvalue weighted by Crippen LogP contribution is 2.26. The van der Waals surface area contributed by atoms with Crippen LogP contribution in [0.15, 0.2) is 18.2 Å². The molecule has 0 radical (unpaired) electrons. The van der Waals surface area contributed by atoms with Crippen LogP contribution >= 0.6 is 0 Å². The van der Waals surface area contributed by atoms with Gasteiger partial charge in [-0.2, -0.15) is 0 Å². The summed E-state index contributed by atoms with van der Waals surface area (Å²) < 4.78 is 6.10. The van der Waals surface area contributed by atoms with E-state index in [1.165, 1.54) is 11.7 Å². The Bertz CT molecular complexity index is 670. The van der Waals surface area contributed by atoms with Crippen molar-refractivity contribution in [3.8, 4) is 0 Å². The van der Waals surface area contributed by atoms with Crippen LogP contribution in [-0.2, 0) is 16.1 Å². The Morgan fingerprint density at radius 3 is 2.58 bits per heavy atom. The van der Waals surface area contributed by atoms with Crippen molar-refractivity contribution in [1.82, 2.24) is 4.57 Å². The van der Waals surface area contributed by atoms with Crippen molar-refractivity contribution in [3.63, 3.8) is 0 Å². The summed E-state index contributed by atoms with van der Waals surface area (Å²) in [7, 11) is 1.28. The van der Waals surface area contributed by atoms with Gasteiger partial charge in [0.15, 0.2) is 0 Å². The van der Waals surface area contributed by atoms with Gasteiger partial charge in [0.25, 0.3) is 0 Å². The largest absolute Gasteiger partial charge is 0.477 e. The summed E-state index contributed by atoms with van der Waals surface area (Å²) in [5, 5.41) is 10.2. The minimum atomic E-state index is -1.05. The number of aromatic carboxylic acids is 1. The lowest BCUT2D eigenvalue weighted by Gasteiger charge is -2.07. The summed E-state index contributed by atoms with van der Waals surface area (Å²) >= 11 is 0. The summed E-state index contributed by atoms with van der Waals surface area (Å²) in [5.41, 5.74) is 2.56. The van der Waals surface area contributed by atoms with Crippen molar-refractivity contribution >= 4 is 22.8 Å². The zero-order valence-corrected chi connectivity index (χ0v) is 11.1. The Hall–Kier alpha value is -2.30. The molecule has 2 aromatic rings. The van der Waals surface area contributed by atoms with Crippen LogP contribution in [0.3, 0.4) is 0 Å². The zero-order valence-electron chi connectivity index (χ0n) is 11.1. The molecule has 0 aliphatic carbocycles. The molecule has 0 saturated heterocycles. The summed E-state index contributed by atoms with van der Waals surface area (Å²) in [4.78, 5) is 22.8. The first-order valence-corrected chi connectivity index (χ1v) is 5.85. The van der Waals surface area contributed by atoms with Crippen LogP contribution in [0.2, 0.25) is 0 Å². The number of esters is 1. The van der Waals surface area contributed by atoms with Crippen LogP contribution in [0.1, 0.15) is 21.6 Å². The van der Waals surface area contributed by atoms with E-state index in [2.05, 4.69) is 4.74 Å². The number of hydrogen-bond donors (Lipinski definition) is 1. The molecule has 0 amide bonds. The predicted octanol–water partition coefficient (Wildman–Crippen LogP) is 2.13. The lowest BCUT2D eigenvalue weighted by Crippen LogP contribution is -2.16. The minimum Gasteiger partial charge on any atom is -0.477 e. The van der Waals surface area contributed by atoms with Crippen LogP contribution in [0.5, 0.6) is 0 Å². The van der Waals surface area contributed by atoms with Crippen LogP contribution in [0.4, 0.5) is 0 Å². The Labute approximate surface area is 110 Å². The molecular weight excluding hydrogens is 246 g/mol. The summed E-state index contributed by atoms with van der Waals surface area (Å²) in [6.07, 6.45) is 0. The predicted molar refractivity (Wildman–Crippen MR) is 70.4 cm³/mol. The Kier molecular flexibility index (Phi) is 3.29. The van der Waals surface area contributed by atoms with E-state index in [9.17, 15) is 14.7 Å². The molecule has 0 atom stereocenters. The first kappa shape index (κ1) is 13.1. The normalized spacial score (nSPS) is 10.7. The van der Waals surface area contributed by atoms with E-state index in [0.29, 0.717) is 5.56 Å². The SMILES string of the molecule is COC(=O)Cn1c(C(=O)O)c(C)c2cc(C)ccc21. The number of methoxy groups -OCH3 is 1. The maximum atomic E-state index is 11.4. The molecule has 0 saturated carbocycles. The molecule has 1 aromatic heterocycles. The number of benzene rings is 1. The number of rotatable bonds is 3. The number of aromatic nitrogens is 1. The Balaban J connectivity index is 2.74. The average Bonchev–Trinajstić information content (AvgIpc) is 2.62. The smallest absolute Gasteiger partial charge is 0.352 e. The summed E-state index contributed by atoms with van der Waals surface area (Å²) in [6.45, 7) is 3.58. The van der Waals surface area contributed by atoms with E-state index in [1.54, 1.807) is 6.92 Å². The highest BCUT2D eigenvalue weighted by Gasteiger charge is 2.21. The average molecular weight is 261 g/mol. The first-order chi connectivity index (χ1) is 8.95. The summed E-state index contributed by atoms with van der Waals surface area (Å²) in [5.74, 6) is -1.52. The van der Waals surface area contributed by atoms with Gasteiger partial charge in [0.2, 0.25) is 0 Å². The second-order valence-electron chi connectivity index (χ2n) is 4.46. The van der Waals surface area contributed by atoms with E-state index in [1.807, 2.05) is 25.1 Å². The molecule has 0 fully saturated rings. The zero-order chi connectivity index (χ0) is 14.2. The highest BCUT2D eigenvalue weighted by atomic mass is 16.5. The summed E-state index contributed by atoms with van der Waals surface area (Å²) in [6, 6.07) is 5.64. The lowest BCUT2D eigenvalue weighted by atomic mass is 10.1. The molecule has 2 rings (SSSR count). The van der Waals surface area contributed by atoms with E-state index >= 15 is 0 Å². The topological polar surface area (TPSA) is 68.5 Å². The number of ether oxygens (including phenoxy) is 1. The van der Waals surface area contributed by atoms with Gasteiger partial charge in [-0.3, -0.25) is 4.79 Å². The van der Waals surface area contributed by atoms with Gasteiger partial charge < -0.3 is 14.4 Å². The molecule has 0 bridgehead atoms. The molecule has 19 heavy (non-hydrogen) atoms. The van der Waals surface area contributed by atoms with Crippen molar-refractivity contribution in [1.29, 1.82) is 0 Å². The number of carboxylic acid groups (broad SMARTS) is 1. The van der Waals surface area contributed by atoms with Crippen molar-refractivity contribution in [3.05, 3.63) is 35.0 Å². The monoisotopic (exact) mass is 261 g/mol. The molecule has 0 spiro atoms. The van der Waals surface area contributed by atoms with E-state index in [0.717, 1.165) is 16.5 Å². The van der Waals surface area contributed by atoms with Crippen LogP contribution in [-0.4, -0.2) is 28.7 Å². The number of carbonyl (C=O) groups is 2. The van der Waals surface area contributed by atoms with Gasteiger partial charge in [-0.1, -0.05) is 11.6 Å². The molecule has 1 aromatic carbocycles. The first-order valence-electron chi connectivity index (χ1n) is 5.85. The van der Waals surface area contributed by atoms with Gasteiger partial charge in [0, 0.05) is 10.9 Å². The standard InChI is InChI=1S/C14H15NO4/c1-8-4-5-11-10(6-8)9(2)13(14(17)18)15(11)7-12(16)19-3/h4-6H,7H2,1-3H3,(H,17,18). The van der Waals surface area contributed by atoms with Crippen molar-refractivity contribution in [2.75, 3.05) is 7.11 Å². The van der Waals surface area contributed by atoms with Gasteiger partial charge in [0.1, 0.15) is 12.2 Å². The number of hydrogen-bond acceptors (Lipinski definition) is 3. The second kappa shape index (κ2) is 4.76. The van der Waals surface area contributed by atoms with Crippen molar-refractivity contribution in [2.45, 2.75) is 20.4 Å². The molecular formula is C14H15NO4. The minimum absolute atomic E-state index is 0.106. The maximum absolute atomic E-state index is 11.4. The van der Waals surface area contributed by atoms with Gasteiger partial charge in [0.05, 0.1) is 7.11 Å². The molecule has 1 N–H and O–H groups in total. The molecule has 5 nitrogen and oxygen atoms in total. The fourth-order valence-corrected chi connectivity index (χ4v) is 2.27. The third kappa shape index (κ3) is 2.19. The molecule has 1 heterocycles. The highest BCUT2D eigenvalue weighted by molar-refractivity contribution is 5.99. The number of aryl methyl sites for hydroxylation is 2. The van der Waals surface area contributed by atoms with E-state index < -0.39 is 11.9 Å². The molecule has 0 unspecified atom stereocenters. The van der Waals surface area contributed by atoms with Crippen molar-refractivity contribution in [2.24, 2.45) is 0 Å². The van der Waals surface area contributed by atoms with Gasteiger partial charge in [-0.05, 0) is 31.5 Å². The molecule has 100 valence electrons. The third-order valence-corrected chi connectivity index (χ3v) is 3.19. The Morgan fingerprint density at radius 1 is 1.32 bits per heavy atom. The van der Waals surface area contributed by atoms with Crippen LogP contribution in [0.25, 0.3) is 10.9 Å². The fourth-order valence-electron chi connectivity index (χ4n) is 2.27. The van der Waals surface area contributed by atoms with Gasteiger partial charge >= 0.3 is 11.9 Å². The number of fused-ring (bicyclic) bond motifs is 1. The van der Waals surface area contributed by atoms with E-state index in [-0.39, 0.29) is 12.2 Å². The third-order valence-electron chi connectivity index (χ3n) is 3.19. The number of carbonyl (C=O) groups excluding carboxylic acids is 1. The molecule has 0 aliphatic heterocycles.